The molecule has 3 N–H and O–H groups in total. The molecule has 0 fully saturated rings. The third kappa shape index (κ3) is 3.58. The maximum Gasteiger partial charge on any atom is 0.224 e. The second kappa shape index (κ2) is 6.17. The highest BCUT2D eigenvalue weighted by Crippen LogP contribution is 2.12. The molecule has 1 heterocycles. The van der Waals surface area contributed by atoms with Crippen LogP contribution in [-0.4, -0.2) is 15.9 Å². The molecule has 0 aliphatic rings. The fourth-order valence-corrected chi connectivity index (χ4v) is 1.28. The first-order chi connectivity index (χ1) is 7.67. The maximum atomic E-state index is 11.6. The number of rotatable bonds is 5. The van der Waals surface area contributed by atoms with E-state index >= 15 is 0 Å². The lowest BCUT2D eigenvalue weighted by Gasteiger charge is -2.10. The molecule has 0 aliphatic heterocycles. The minimum Gasteiger partial charge on any atom is -0.325 e. The predicted molar refractivity (Wildman–Crippen MR) is 62.6 cm³/mol. The van der Waals surface area contributed by atoms with Gasteiger partial charge in [0, 0.05) is 13.0 Å². The van der Waals surface area contributed by atoms with Crippen molar-refractivity contribution in [2.24, 2.45) is 11.7 Å². The van der Waals surface area contributed by atoms with Crippen molar-refractivity contribution in [2.75, 3.05) is 5.32 Å². The second-order valence-corrected chi connectivity index (χ2v) is 3.85. The number of hydrogen-bond donors (Lipinski definition) is 2. The van der Waals surface area contributed by atoms with Gasteiger partial charge in [0.25, 0.3) is 0 Å². The molecule has 0 saturated carbocycles. The van der Waals surface area contributed by atoms with Gasteiger partial charge in [-0.3, -0.25) is 4.79 Å². The molecule has 0 bridgehead atoms. The molecule has 1 aromatic heterocycles. The zero-order valence-electron chi connectivity index (χ0n) is 9.73. The fraction of sp³-hybridized carbons (Fsp3) is 0.545. The molecule has 0 aromatic carbocycles. The zero-order chi connectivity index (χ0) is 12.0. The van der Waals surface area contributed by atoms with E-state index in [1.54, 1.807) is 6.20 Å². The van der Waals surface area contributed by atoms with Crippen molar-refractivity contribution in [1.82, 2.24) is 9.97 Å². The van der Waals surface area contributed by atoms with Crippen molar-refractivity contribution in [1.29, 1.82) is 0 Å². The molecule has 1 atom stereocenters. The van der Waals surface area contributed by atoms with Crippen LogP contribution in [0.1, 0.15) is 32.4 Å². The van der Waals surface area contributed by atoms with Crippen LogP contribution >= 0.6 is 0 Å². The van der Waals surface area contributed by atoms with Crippen molar-refractivity contribution in [3.8, 4) is 0 Å². The van der Waals surface area contributed by atoms with Gasteiger partial charge in [0.15, 0.2) is 0 Å². The molecular formula is C11H18N4O. The number of hydrogen-bond acceptors (Lipinski definition) is 4. The highest BCUT2D eigenvalue weighted by Gasteiger charge is 2.10. The molecule has 1 aromatic rings. The topological polar surface area (TPSA) is 80.9 Å². The van der Waals surface area contributed by atoms with Crippen LogP contribution in [0.25, 0.3) is 0 Å². The third-order valence-corrected chi connectivity index (χ3v) is 2.49. The van der Waals surface area contributed by atoms with Crippen LogP contribution < -0.4 is 11.1 Å². The van der Waals surface area contributed by atoms with Crippen LogP contribution in [0.3, 0.4) is 0 Å². The number of nitrogens with zero attached hydrogens (tertiary/aromatic N) is 2. The summed E-state index contributed by atoms with van der Waals surface area (Å²) in [4.78, 5) is 19.5. The Morgan fingerprint density at radius 3 is 3.00 bits per heavy atom. The Balaban J connectivity index is 2.62. The summed E-state index contributed by atoms with van der Waals surface area (Å²) in [6.07, 6.45) is 4.49. The first kappa shape index (κ1) is 12.6. The summed E-state index contributed by atoms with van der Waals surface area (Å²) >= 11 is 0. The quantitative estimate of drug-likeness (QED) is 0.787. The van der Waals surface area contributed by atoms with E-state index < -0.39 is 0 Å². The molecule has 0 aliphatic carbocycles. The standard InChI is InChI=1S/C11H18N4O/c1-3-8(2)4-11(16)15-10-6-13-7-14-9(10)5-12/h6-8H,3-5,12H2,1-2H3,(H,15,16)/t8-/m0/s1. The van der Waals surface area contributed by atoms with E-state index in [9.17, 15) is 4.79 Å². The van der Waals surface area contributed by atoms with E-state index in [2.05, 4.69) is 22.2 Å². The van der Waals surface area contributed by atoms with Gasteiger partial charge in [-0.2, -0.15) is 0 Å². The predicted octanol–water partition coefficient (Wildman–Crippen LogP) is 1.31. The van der Waals surface area contributed by atoms with Crippen LogP contribution in [0.4, 0.5) is 5.69 Å². The van der Waals surface area contributed by atoms with Gasteiger partial charge in [-0.25, -0.2) is 9.97 Å². The number of aromatic nitrogens is 2. The number of nitrogens with two attached hydrogens (primary N) is 1. The Morgan fingerprint density at radius 2 is 2.38 bits per heavy atom. The fourth-order valence-electron chi connectivity index (χ4n) is 1.28. The summed E-state index contributed by atoms with van der Waals surface area (Å²) in [5, 5.41) is 2.78. The first-order valence-corrected chi connectivity index (χ1v) is 5.46. The van der Waals surface area contributed by atoms with Gasteiger partial charge < -0.3 is 11.1 Å². The van der Waals surface area contributed by atoms with Crippen LogP contribution in [0.2, 0.25) is 0 Å². The number of carbonyl (C=O) groups is 1. The molecular weight excluding hydrogens is 204 g/mol. The van der Waals surface area contributed by atoms with Gasteiger partial charge >= 0.3 is 0 Å². The van der Waals surface area contributed by atoms with Crippen LogP contribution in [0.5, 0.6) is 0 Å². The minimum atomic E-state index is -0.0150. The van der Waals surface area contributed by atoms with E-state index in [1.807, 2.05) is 6.92 Å². The van der Waals surface area contributed by atoms with Crippen molar-refractivity contribution >= 4 is 11.6 Å². The monoisotopic (exact) mass is 222 g/mol. The smallest absolute Gasteiger partial charge is 0.224 e. The van der Waals surface area contributed by atoms with Gasteiger partial charge in [0.2, 0.25) is 5.91 Å². The average Bonchev–Trinajstić information content (AvgIpc) is 2.29. The molecule has 0 saturated heterocycles. The SMILES string of the molecule is CC[C@H](C)CC(=O)Nc1cncnc1CN. The molecule has 5 heteroatoms. The van der Waals surface area contributed by atoms with Gasteiger partial charge in [0.1, 0.15) is 6.33 Å². The number of carbonyl (C=O) groups excluding carboxylic acids is 1. The van der Waals surface area contributed by atoms with Crippen molar-refractivity contribution in [3.63, 3.8) is 0 Å². The van der Waals surface area contributed by atoms with Crippen LogP contribution in [0, 0.1) is 5.92 Å². The number of anilines is 1. The first-order valence-electron chi connectivity index (χ1n) is 5.46. The number of amides is 1. The van der Waals surface area contributed by atoms with E-state index in [4.69, 9.17) is 5.73 Å². The molecule has 88 valence electrons. The Labute approximate surface area is 95.5 Å². The number of nitrogens with one attached hydrogen (secondary N) is 1. The van der Waals surface area contributed by atoms with Gasteiger partial charge in [-0.15, -0.1) is 0 Å². The van der Waals surface area contributed by atoms with Crippen molar-refractivity contribution in [3.05, 3.63) is 18.2 Å². The average molecular weight is 222 g/mol. The van der Waals surface area contributed by atoms with Crippen molar-refractivity contribution < 1.29 is 4.79 Å². The molecule has 16 heavy (non-hydrogen) atoms. The highest BCUT2D eigenvalue weighted by molar-refractivity contribution is 5.91. The Hall–Kier alpha value is -1.49. The molecule has 5 nitrogen and oxygen atoms in total. The lowest BCUT2D eigenvalue weighted by atomic mass is 10.1. The van der Waals surface area contributed by atoms with E-state index in [0.29, 0.717) is 30.3 Å². The van der Waals surface area contributed by atoms with Gasteiger partial charge in [-0.1, -0.05) is 20.3 Å². The van der Waals surface area contributed by atoms with E-state index in [-0.39, 0.29) is 5.91 Å². The summed E-state index contributed by atoms with van der Waals surface area (Å²) in [5.74, 6) is 0.366. The summed E-state index contributed by atoms with van der Waals surface area (Å²) in [5.41, 5.74) is 6.78. The molecule has 0 radical (unpaired) electrons. The largest absolute Gasteiger partial charge is 0.325 e. The zero-order valence-corrected chi connectivity index (χ0v) is 9.73. The summed E-state index contributed by atoms with van der Waals surface area (Å²) in [7, 11) is 0. The summed E-state index contributed by atoms with van der Waals surface area (Å²) in [6, 6.07) is 0. The maximum absolute atomic E-state index is 11.6. The summed E-state index contributed by atoms with van der Waals surface area (Å²) < 4.78 is 0. The molecule has 0 spiro atoms. The van der Waals surface area contributed by atoms with Gasteiger partial charge in [-0.05, 0) is 5.92 Å². The van der Waals surface area contributed by atoms with E-state index in [1.165, 1.54) is 6.33 Å². The van der Waals surface area contributed by atoms with Crippen molar-refractivity contribution in [2.45, 2.75) is 33.2 Å². The Bertz CT molecular complexity index is 354. The molecule has 1 rings (SSSR count). The second-order valence-electron chi connectivity index (χ2n) is 3.85. The normalized spacial score (nSPS) is 12.2. The Morgan fingerprint density at radius 1 is 1.62 bits per heavy atom. The lowest BCUT2D eigenvalue weighted by Crippen LogP contribution is -2.17. The third-order valence-electron chi connectivity index (χ3n) is 2.49. The highest BCUT2D eigenvalue weighted by atomic mass is 16.1. The van der Waals surface area contributed by atoms with Crippen LogP contribution in [0.15, 0.2) is 12.5 Å². The lowest BCUT2D eigenvalue weighted by molar-refractivity contribution is -0.117. The Kier molecular flexibility index (Phi) is 4.85. The van der Waals surface area contributed by atoms with Gasteiger partial charge in [0.05, 0.1) is 17.6 Å². The van der Waals surface area contributed by atoms with E-state index in [0.717, 1.165) is 6.42 Å². The van der Waals surface area contributed by atoms with Crippen LogP contribution in [-0.2, 0) is 11.3 Å². The summed E-state index contributed by atoms with van der Waals surface area (Å²) in [6.45, 7) is 4.40. The molecule has 0 unspecified atom stereocenters. The minimum absolute atomic E-state index is 0.0150. The molecule has 1 amide bonds.